The number of pyridine rings is 1. The van der Waals surface area contributed by atoms with Crippen molar-refractivity contribution in [2.75, 3.05) is 14.2 Å². The second-order valence-electron chi connectivity index (χ2n) is 8.81. The van der Waals surface area contributed by atoms with Gasteiger partial charge in [0.05, 0.1) is 42.8 Å². The molecule has 0 saturated carbocycles. The fourth-order valence-electron chi connectivity index (χ4n) is 4.11. The van der Waals surface area contributed by atoms with Gasteiger partial charge in [0.25, 0.3) is 5.91 Å². The van der Waals surface area contributed by atoms with Crippen LogP contribution in [0.5, 0.6) is 17.2 Å². The molecular formula is C32H24BrN3O5. The van der Waals surface area contributed by atoms with E-state index >= 15 is 0 Å². The predicted octanol–water partition coefficient (Wildman–Crippen LogP) is 6.66. The van der Waals surface area contributed by atoms with Crippen molar-refractivity contribution in [3.63, 3.8) is 0 Å². The minimum Gasteiger partial charge on any atom is -0.493 e. The summed E-state index contributed by atoms with van der Waals surface area (Å²) in [6, 6.07) is 28.5. The molecule has 0 saturated heterocycles. The molecule has 0 bridgehead atoms. The third-order valence-corrected chi connectivity index (χ3v) is 6.72. The summed E-state index contributed by atoms with van der Waals surface area (Å²) < 4.78 is 16.9. The number of ether oxygens (including phenoxy) is 3. The molecule has 0 aliphatic heterocycles. The molecule has 1 heterocycles. The molecule has 9 heteroatoms. The Hall–Kier alpha value is -5.02. The largest absolute Gasteiger partial charge is 0.493 e. The Balaban J connectivity index is 1.27. The highest BCUT2D eigenvalue weighted by atomic mass is 79.9. The van der Waals surface area contributed by atoms with E-state index in [0.29, 0.717) is 45.1 Å². The molecule has 4 aromatic carbocycles. The fraction of sp³-hybridized carbons (Fsp3) is 0.0625. The number of para-hydroxylation sites is 1. The number of methoxy groups -OCH3 is 2. The lowest BCUT2D eigenvalue weighted by Gasteiger charge is -2.09. The predicted molar refractivity (Wildman–Crippen MR) is 161 cm³/mol. The van der Waals surface area contributed by atoms with Gasteiger partial charge in [-0.3, -0.25) is 4.79 Å². The maximum absolute atomic E-state index is 13.1. The summed E-state index contributed by atoms with van der Waals surface area (Å²) in [5, 5.41) is 4.85. The molecular weight excluding hydrogens is 586 g/mol. The Labute approximate surface area is 244 Å². The van der Waals surface area contributed by atoms with E-state index in [9.17, 15) is 9.59 Å². The standard InChI is InChI=1S/C32H24BrN3O5/c1-39-29-16-11-22(17-30(29)40-2)32(38)41-24-14-7-20(8-15-24)19-34-36-31(37)26-18-28(21-9-12-23(33)13-10-21)35-27-6-4-3-5-25(26)27/h3-19H,1-2H3,(H,36,37). The molecule has 204 valence electrons. The number of hydrogen-bond acceptors (Lipinski definition) is 7. The number of benzene rings is 4. The Morgan fingerprint density at radius 2 is 1.59 bits per heavy atom. The fourth-order valence-corrected chi connectivity index (χ4v) is 4.37. The van der Waals surface area contributed by atoms with Crippen molar-refractivity contribution in [3.05, 3.63) is 118 Å². The molecule has 0 aliphatic carbocycles. The van der Waals surface area contributed by atoms with Crippen LogP contribution in [0.2, 0.25) is 0 Å². The molecule has 5 rings (SSSR count). The van der Waals surface area contributed by atoms with E-state index in [-0.39, 0.29) is 5.91 Å². The van der Waals surface area contributed by atoms with Crippen LogP contribution in [0.1, 0.15) is 26.3 Å². The first-order valence-electron chi connectivity index (χ1n) is 12.5. The minimum absolute atomic E-state index is 0.322. The van der Waals surface area contributed by atoms with Gasteiger partial charge in [0.15, 0.2) is 11.5 Å². The number of rotatable bonds is 8. The summed E-state index contributed by atoms with van der Waals surface area (Å²) in [5.41, 5.74) is 6.37. The normalized spacial score (nSPS) is 10.9. The third-order valence-electron chi connectivity index (χ3n) is 6.19. The lowest BCUT2D eigenvalue weighted by molar-refractivity contribution is 0.0734. The molecule has 5 aromatic rings. The third kappa shape index (κ3) is 6.42. The summed E-state index contributed by atoms with van der Waals surface area (Å²) in [5.74, 6) is 0.405. The number of hydrazone groups is 1. The smallest absolute Gasteiger partial charge is 0.343 e. The zero-order valence-corrected chi connectivity index (χ0v) is 23.7. The number of nitrogens with one attached hydrogen (secondary N) is 1. The Bertz CT molecular complexity index is 1750. The van der Waals surface area contributed by atoms with E-state index in [4.69, 9.17) is 19.2 Å². The van der Waals surface area contributed by atoms with Crippen molar-refractivity contribution in [1.82, 2.24) is 10.4 Å². The molecule has 1 aromatic heterocycles. The number of amides is 1. The zero-order chi connectivity index (χ0) is 28.8. The number of carbonyl (C=O) groups is 2. The van der Waals surface area contributed by atoms with Gasteiger partial charge in [0.1, 0.15) is 5.75 Å². The van der Waals surface area contributed by atoms with Crippen LogP contribution in [-0.4, -0.2) is 37.3 Å². The molecule has 0 radical (unpaired) electrons. The molecule has 0 spiro atoms. The van der Waals surface area contributed by atoms with Gasteiger partial charge in [-0.25, -0.2) is 15.2 Å². The highest BCUT2D eigenvalue weighted by Gasteiger charge is 2.15. The first kappa shape index (κ1) is 27.5. The number of fused-ring (bicyclic) bond motifs is 1. The Morgan fingerprint density at radius 3 is 2.32 bits per heavy atom. The summed E-state index contributed by atoms with van der Waals surface area (Å²) >= 11 is 3.45. The lowest BCUT2D eigenvalue weighted by atomic mass is 10.0. The summed E-state index contributed by atoms with van der Waals surface area (Å²) in [4.78, 5) is 30.4. The quantitative estimate of drug-likeness (QED) is 0.0913. The van der Waals surface area contributed by atoms with Crippen LogP contribution in [0.25, 0.3) is 22.2 Å². The highest BCUT2D eigenvalue weighted by Crippen LogP contribution is 2.28. The van der Waals surface area contributed by atoms with Crippen LogP contribution < -0.4 is 19.6 Å². The van der Waals surface area contributed by atoms with E-state index in [1.54, 1.807) is 48.5 Å². The van der Waals surface area contributed by atoms with E-state index < -0.39 is 5.97 Å². The Kier molecular flexibility index (Phi) is 8.36. The number of nitrogens with zero attached hydrogens (tertiary/aromatic N) is 2. The van der Waals surface area contributed by atoms with Crippen molar-refractivity contribution in [2.24, 2.45) is 5.10 Å². The monoisotopic (exact) mass is 609 g/mol. The van der Waals surface area contributed by atoms with Crippen molar-refractivity contribution in [2.45, 2.75) is 0 Å². The maximum atomic E-state index is 13.1. The van der Waals surface area contributed by atoms with Crippen LogP contribution in [0, 0.1) is 0 Å². The van der Waals surface area contributed by atoms with E-state index in [1.165, 1.54) is 20.4 Å². The van der Waals surface area contributed by atoms with Crippen LogP contribution in [0.15, 0.2) is 107 Å². The molecule has 0 atom stereocenters. The number of aromatic nitrogens is 1. The SMILES string of the molecule is COc1ccc(C(=O)Oc2ccc(C=NNC(=O)c3cc(-c4ccc(Br)cc4)nc4ccccc34)cc2)cc1OC. The van der Waals surface area contributed by atoms with Crippen LogP contribution in [0.4, 0.5) is 0 Å². The van der Waals surface area contributed by atoms with Crippen LogP contribution in [-0.2, 0) is 0 Å². The van der Waals surface area contributed by atoms with Crippen molar-refractivity contribution >= 4 is 44.9 Å². The van der Waals surface area contributed by atoms with Gasteiger partial charge in [-0.2, -0.15) is 5.10 Å². The average Bonchev–Trinajstić information content (AvgIpc) is 3.01. The molecule has 0 unspecified atom stereocenters. The van der Waals surface area contributed by atoms with Crippen LogP contribution in [0.3, 0.4) is 0 Å². The number of esters is 1. The summed E-state index contributed by atoms with van der Waals surface area (Å²) in [6.07, 6.45) is 1.51. The molecule has 1 N–H and O–H groups in total. The molecule has 0 aliphatic rings. The molecule has 1 amide bonds. The zero-order valence-electron chi connectivity index (χ0n) is 22.1. The number of hydrogen-bond donors (Lipinski definition) is 1. The number of carbonyl (C=O) groups excluding carboxylic acids is 2. The van der Waals surface area contributed by atoms with Gasteiger partial charge in [-0.05, 0) is 72.3 Å². The Morgan fingerprint density at radius 1 is 0.854 bits per heavy atom. The lowest BCUT2D eigenvalue weighted by Crippen LogP contribution is -2.18. The summed E-state index contributed by atoms with van der Waals surface area (Å²) in [7, 11) is 3.02. The van der Waals surface area contributed by atoms with E-state index in [1.807, 2.05) is 48.5 Å². The van der Waals surface area contributed by atoms with Gasteiger partial charge in [-0.1, -0.05) is 46.3 Å². The summed E-state index contributed by atoms with van der Waals surface area (Å²) in [6.45, 7) is 0. The molecule has 8 nitrogen and oxygen atoms in total. The van der Waals surface area contributed by atoms with Crippen molar-refractivity contribution in [3.8, 4) is 28.5 Å². The van der Waals surface area contributed by atoms with Gasteiger partial charge in [-0.15, -0.1) is 0 Å². The topological polar surface area (TPSA) is 99.1 Å². The first-order chi connectivity index (χ1) is 19.9. The first-order valence-corrected chi connectivity index (χ1v) is 13.3. The van der Waals surface area contributed by atoms with Gasteiger partial charge in [0.2, 0.25) is 0 Å². The second-order valence-corrected chi connectivity index (χ2v) is 9.72. The van der Waals surface area contributed by atoms with Crippen molar-refractivity contribution < 1.29 is 23.8 Å². The maximum Gasteiger partial charge on any atom is 0.343 e. The van der Waals surface area contributed by atoms with E-state index in [0.717, 1.165) is 15.4 Å². The van der Waals surface area contributed by atoms with Gasteiger partial charge in [0, 0.05) is 15.4 Å². The minimum atomic E-state index is -0.535. The molecule has 41 heavy (non-hydrogen) atoms. The molecule has 0 fully saturated rings. The van der Waals surface area contributed by atoms with Crippen molar-refractivity contribution in [1.29, 1.82) is 0 Å². The van der Waals surface area contributed by atoms with Gasteiger partial charge >= 0.3 is 5.97 Å². The van der Waals surface area contributed by atoms with E-state index in [2.05, 4.69) is 26.5 Å². The second kappa shape index (κ2) is 12.4. The average molecular weight is 610 g/mol. The number of halogens is 1. The van der Waals surface area contributed by atoms with Crippen LogP contribution >= 0.6 is 15.9 Å². The van der Waals surface area contributed by atoms with Gasteiger partial charge < -0.3 is 14.2 Å². The highest BCUT2D eigenvalue weighted by molar-refractivity contribution is 9.10.